The lowest BCUT2D eigenvalue weighted by molar-refractivity contribution is -0.146. The van der Waals surface area contributed by atoms with Crippen LogP contribution in [-0.2, 0) is 4.79 Å². The standard InChI is InChI=1S/C13H18N2O5/c1-2-20-10-5-3-4-9(8-10)15-13(19)14-7-6-11(16)12(17)18/h3-5,8,11,16H,2,6-7H2,1H3,(H,17,18)(H2,14,15,19)/t11-/m0/s1. The van der Waals surface area contributed by atoms with Crippen molar-refractivity contribution in [2.24, 2.45) is 0 Å². The van der Waals surface area contributed by atoms with E-state index in [0.29, 0.717) is 18.0 Å². The minimum atomic E-state index is -1.48. The minimum Gasteiger partial charge on any atom is -0.494 e. The average molecular weight is 282 g/mol. The molecule has 1 aromatic carbocycles. The molecule has 1 atom stereocenters. The van der Waals surface area contributed by atoms with Crippen molar-refractivity contribution in [3.8, 4) is 5.75 Å². The topological polar surface area (TPSA) is 108 Å². The molecule has 0 unspecified atom stereocenters. The number of amides is 2. The number of rotatable bonds is 7. The van der Waals surface area contributed by atoms with Crippen LogP contribution in [0.4, 0.5) is 10.5 Å². The zero-order chi connectivity index (χ0) is 15.0. The van der Waals surface area contributed by atoms with Gasteiger partial charge in [0.2, 0.25) is 0 Å². The first-order valence-electron chi connectivity index (χ1n) is 6.21. The molecule has 0 aliphatic carbocycles. The Balaban J connectivity index is 2.38. The molecule has 0 bridgehead atoms. The summed E-state index contributed by atoms with van der Waals surface area (Å²) < 4.78 is 5.30. The molecule has 0 fully saturated rings. The van der Waals surface area contributed by atoms with Crippen LogP contribution < -0.4 is 15.4 Å². The van der Waals surface area contributed by atoms with Gasteiger partial charge in [0.15, 0.2) is 6.10 Å². The fourth-order valence-electron chi connectivity index (χ4n) is 1.45. The number of hydrogen-bond acceptors (Lipinski definition) is 4. The van der Waals surface area contributed by atoms with Crippen LogP contribution in [0.3, 0.4) is 0 Å². The van der Waals surface area contributed by atoms with Crippen LogP contribution in [0.25, 0.3) is 0 Å². The first kappa shape index (κ1) is 15.8. The predicted octanol–water partition coefficient (Wildman–Crippen LogP) is 1.04. The van der Waals surface area contributed by atoms with Gasteiger partial charge in [-0.2, -0.15) is 0 Å². The van der Waals surface area contributed by atoms with Crippen LogP contribution in [-0.4, -0.2) is 41.5 Å². The van der Waals surface area contributed by atoms with Gasteiger partial charge in [-0.15, -0.1) is 0 Å². The average Bonchev–Trinajstić information content (AvgIpc) is 2.39. The summed E-state index contributed by atoms with van der Waals surface area (Å²) in [4.78, 5) is 21.9. The lowest BCUT2D eigenvalue weighted by Crippen LogP contribution is -2.33. The molecule has 7 nitrogen and oxygen atoms in total. The normalized spacial score (nSPS) is 11.5. The van der Waals surface area contributed by atoms with E-state index in [1.54, 1.807) is 24.3 Å². The largest absolute Gasteiger partial charge is 0.494 e. The summed E-state index contributed by atoms with van der Waals surface area (Å²) in [6, 6.07) is 6.42. The van der Waals surface area contributed by atoms with Crippen molar-refractivity contribution >= 4 is 17.7 Å². The van der Waals surface area contributed by atoms with Gasteiger partial charge in [-0.05, 0) is 19.1 Å². The maximum Gasteiger partial charge on any atom is 0.332 e. The second kappa shape index (κ2) is 8.00. The third-order valence-corrected chi connectivity index (χ3v) is 2.39. The van der Waals surface area contributed by atoms with Crippen LogP contribution in [0.15, 0.2) is 24.3 Å². The molecular formula is C13H18N2O5. The van der Waals surface area contributed by atoms with Crippen molar-refractivity contribution in [2.75, 3.05) is 18.5 Å². The summed E-state index contributed by atoms with van der Waals surface area (Å²) in [7, 11) is 0. The van der Waals surface area contributed by atoms with E-state index >= 15 is 0 Å². The summed E-state index contributed by atoms with van der Waals surface area (Å²) in [5.74, 6) is -0.664. The molecular weight excluding hydrogens is 264 g/mol. The van der Waals surface area contributed by atoms with E-state index in [0.717, 1.165) is 0 Å². The number of nitrogens with one attached hydrogen (secondary N) is 2. The van der Waals surface area contributed by atoms with Gasteiger partial charge in [0.25, 0.3) is 0 Å². The number of hydrogen-bond donors (Lipinski definition) is 4. The lowest BCUT2D eigenvalue weighted by atomic mass is 10.2. The number of carbonyl (C=O) groups is 2. The minimum absolute atomic E-state index is 0.0538. The Bertz CT molecular complexity index is 464. The van der Waals surface area contributed by atoms with Gasteiger partial charge in [0.05, 0.1) is 6.61 Å². The number of benzene rings is 1. The highest BCUT2D eigenvalue weighted by Gasteiger charge is 2.12. The van der Waals surface area contributed by atoms with Gasteiger partial charge in [-0.1, -0.05) is 6.07 Å². The highest BCUT2D eigenvalue weighted by molar-refractivity contribution is 5.89. The van der Waals surface area contributed by atoms with E-state index in [2.05, 4.69) is 10.6 Å². The predicted molar refractivity (Wildman–Crippen MR) is 72.9 cm³/mol. The third kappa shape index (κ3) is 5.57. The molecule has 0 radical (unpaired) electrons. The number of anilines is 1. The van der Waals surface area contributed by atoms with Crippen LogP contribution in [0.5, 0.6) is 5.75 Å². The number of carboxylic acid groups (broad SMARTS) is 1. The number of aliphatic carboxylic acids is 1. The first-order chi connectivity index (χ1) is 9.52. The van der Waals surface area contributed by atoms with Crippen LogP contribution in [0, 0.1) is 0 Å². The van der Waals surface area contributed by atoms with Gasteiger partial charge >= 0.3 is 12.0 Å². The van der Waals surface area contributed by atoms with E-state index in [1.807, 2.05) is 6.92 Å². The summed E-state index contributed by atoms with van der Waals surface area (Å²) in [5, 5.41) is 22.5. The Labute approximate surface area is 116 Å². The van der Waals surface area contributed by atoms with E-state index in [4.69, 9.17) is 14.9 Å². The van der Waals surface area contributed by atoms with Crippen molar-refractivity contribution in [1.82, 2.24) is 5.32 Å². The summed E-state index contributed by atoms with van der Waals surface area (Å²) in [5.41, 5.74) is 0.562. The summed E-state index contributed by atoms with van der Waals surface area (Å²) >= 11 is 0. The van der Waals surface area contributed by atoms with Gasteiger partial charge in [-0.3, -0.25) is 0 Å². The Morgan fingerprint density at radius 1 is 1.40 bits per heavy atom. The molecule has 0 aliphatic heterocycles. The van der Waals surface area contributed by atoms with Crippen molar-refractivity contribution < 1.29 is 24.5 Å². The number of aliphatic hydroxyl groups is 1. The molecule has 1 rings (SSSR count). The Morgan fingerprint density at radius 2 is 2.15 bits per heavy atom. The fraction of sp³-hybridized carbons (Fsp3) is 0.385. The SMILES string of the molecule is CCOc1cccc(NC(=O)NCC[C@H](O)C(=O)O)c1. The summed E-state index contributed by atoms with van der Waals surface area (Å²) in [6.45, 7) is 2.45. The fourth-order valence-corrected chi connectivity index (χ4v) is 1.45. The van der Waals surface area contributed by atoms with E-state index in [-0.39, 0.29) is 13.0 Å². The van der Waals surface area contributed by atoms with E-state index in [1.165, 1.54) is 0 Å². The molecule has 4 N–H and O–H groups in total. The van der Waals surface area contributed by atoms with Crippen LogP contribution in [0.1, 0.15) is 13.3 Å². The van der Waals surface area contributed by atoms with Gasteiger partial charge in [0.1, 0.15) is 5.75 Å². The number of aliphatic hydroxyl groups excluding tert-OH is 1. The number of urea groups is 1. The number of carbonyl (C=O) groups excluding carboxylic acids is 1. The Morgan fingerprint density at radius 3 is 2.80 bits per heavy atom. The Hall–Kier alpha value is -2.28. The highest BCUT2D eigenvalue weighted by atomic mass is 16.5. The molecule has 0 aromatic heterocycles. The maximum atomic E-state index is 11.5. The highest BCUT2D eigenvalue weighted by Crippen LogP contribution is 2.16. The molecule has 0 spiro atoms. The van der Waals surface area contributed by atoms with Gasteiger partial charge in [-0.25, -0.2) is 9.59 Å². The zero-order valence-corrected chi connectivity index (χ0v) is 11.1. The second-order valence-electron chi connectivity index (χ2n) is 3.98. The monoisotopic (exact) mass is 282 g/mol. The van der Waals surface area contributed by atoms with Crippen molar-refractivity contribution in [1.29, 1.82) is 0 Å². The molecule has 0 saturated carbocycles. The quantitative estimate of drug-likeness (QED) is 0.597. The molecule has 0 heterocycles. The third-order valence-electron chi connectivity index (χ3n) is 2.39. The molecule has 110 valence electrons. The molecule has 20 heavy (non-hydrogen) atoms. The van der Waals surface area contributed by atoms with Gasteiger partial charge < -0.3 is 25.6 Å². The maximum absolute atomic E-state index is 11.5. The van der Waals surface area contributed by atoms with Gasteiger partial charge in [0, 0.05) is 24.7 Å². The number of carboxylic acids is 1. The molecule has 0 aliphatic rings. The number of ether oxygens (including phenoxy) is 1. The van der Waals surface area contributed by atoms with Crippen molar-refractivity contribution in [2.45, 2.75) is 19.4 Å². The van der Waals surface area contributed by atoms with Crippen LogP contribution >= 0.6 is 0 Å². The molecule has 1 aromatic rings. The van der Waals surface area contributed by atoms with Crippen LogP contribution in [0.2, 0.25) is 0 Å². The summed E-state index contributed by atoms with van der Waals surface area (Å²) in [6.07, 6.45) is -1.53. The molecule has 7 heteroatoms. The van der Waals surface area contributed by atoms with Crippen molar-refractivity contribution in [3.63, 3.8) is 0 Å². The molecule has 0 saturated heterocycles. The lowest BCUT2D eigenvalue weighted by Gasteiger charge is -2.10. The molecule has 2 amide bonds. The second-order valence-corrected chi connectivity index (χ2v) is 3.98. The van der Waals surface area contributed by atoms with E-state index < -0.39 is 18.1 Å². The smallest absolute Gasteiger partial charge is 0.332 e. The van der Waals surface area contributed by atoms with Crippen molar-refractivity contribution in [3.05, 3.63) is 24.3 Å². The zero-order valence-electron chi connectivity index (χ0n) is 11.1. The Kier molecular flexibility index (Phi) is 6.31. The first-order valence-corrected chi connectivity index (χ1v) is 6.21. The van der Waals surface area contributed by atoms with E-state index in [9.17, 15) is 9.59 Å².